The summed E-state index contributed by atoms with van der Waals surface area (Å²) in [6.07, 6.45) is 0.500. The fraction of sp³-hybridized carbons (Fsp3) is 0.364. The Hall–Kier alpha value is -0.490. The van der Waals surface area contributed by atoms with Crippen molar-refractivity contribution >= 4 is 37.5 Å². The maximum atomic E-state index is 9.89. The highest BCUT2D eigenvalue weighted by Gasteiger charge is 2.20. The second kappa shape index (κ2) is 4.41. The minimum Gasteiger partial charge on any atom is -0.388 e. The summed E-state index contributed by atoms with van der Waals surface area (Å²) in [5.41, 5.74) is 5.58. The summed E-state index contributed by atoms with van der Waals surface area (Å²) in [6.45, 7) is 1.97. The van der Waals surface area contributed by atoms with E-state index in [1.54, 1.807) is 18.3 Å². The summed E-state index contributed by atoms with van der Waals surface area (Å²) in [7, 11) is 0. The van der Waals surface area contributed by atoms with Crippen LogP contribution in [0.1, 0.15) is 11.9 Å². The van der Waals surface area contributed by atoms with Gasteiger partial charge in [0.2, 0.25) is 0 Å². The standard InChI is InChI=1S/C11H13BrN2OS/c1-11(15,6-13)5-10-14-8-4-7(12)2-3-9(8)16-10/h2-4,15H,5-6,13H2,1H3. The molecule has 0 amide bonds. The lowest BCUT2D eigenvalue weighted by molar-refractivity contribution is 0.0696. The topological polar surface area (TPSA) is 59.1 Å². The van der Waals surface area contributed by atoms with E-state index in [-0.39, 0.29) is 6.54 Å². The Morgan fingerprint density at radius 1 is 1.56 bits per heavy atom. The van der Waals surface area contributed by atoms with Gasteiger partial charge in [0.1, 0.15) is 0 Å². The fourth-order valence-electron chi connectivity index (χ4n) is 1.42. The van der Waals surface area contributed by atoms with Crippen LogP contribution in [0, 0.1) is 0 Å². The molecule has 2 rings (SSSR count). The summed E-state index contributed by atoms with van der Waals surface area (Å²) >= 11 is 5.01. The van der Waals surface area contributed by atoms with Crippen molar-refractivity contribution in [3.05, 3.63) is 27.7 Å². The second-order valence-electron chi connectivity index (χ2n) is 4.10. The summed E-state index contributed by atoms with van der Waals surface area (Å²) in [5, 5.41) is 10.8. The van der Waals surface area contributed by atoms with Gasteiger partial charge in [0.15, 0.2) is 0 Å². The Balaban J connectivity index is 2.33. The third-order valence-electron chi connectivity index (χ3n) is 2.37. The number of nitrogens with two attached hydrogens (primary N) is 1. The molecule has 3 nitrogen and oxygen atoms in total. The van der Waals surface area contributed by atoms with Crippen molar-refractivity contribution in [2.75, 3.05) is 6.54 Å². The molecule has 1 heterocycles. The normalized spacial score (nSPS) is 15.2. The zero-order chi connectivity index (χ0) is 11.8. The molecule has 1 aromatic heterocycles. The number of halogens is 1. The van der Waals surface area contributed by atoms with Crippen LogP contribution in [0.15, 0.2) is 22.7 Å². The summed E-state index contributed by atoms with van der Waals surface area (Å²) in [4.78, 5) is 4.48. The molecule has 0 aliphatic heterocycles. The lowest BCUT2D eigenvalue weighted by atomic mass is 10.0. The van der Waals surface area contributed by atoms with Gasteiger partial charge < -0.3 is 10.8 Å². The van der Waals surface area contributed by atoms with Gasteiger partial charge in [-0.2, -0.15) is 0 Å². The predicted octanol–water partition coefficient (Wildman–Crippen LogP) is 2.31. The molecule has 0 radical (unpaired) electrons. The molecule has 2 aromatic rings. The van der Waals surface area contributed by atoms with Gasteiger partial charge >= 0.3 is 0 Å². The summed E-state index contributed by atoms with van der Waals surface area (Å²) in [5.74, 6) is 0. The van der Waals surface area contributed by atoms with E-state index in [9.17, 15) is 5.11 Å². The van der Waals surface area contributed by atoms with Crippen LogP contribution in [0.5, 0.6) is 0 Å². The van der Waals surface area contributed by atoms with Gasteiger partial charge in [-0.3, -0.25) is 0 Å². The van der Waals surface area contributed by atoms with E-state index in [0.717, 1.165) is 19.7 Å². The number of hydrogen-bond acceptors (Lipinski definition) is 4. The maximum Gasteiger partial charge on any atom is 0.0967 e. The number of aromatic nitrogens is 1. The highest BCUT2D eigenvalue weighted by molar-refractivity contribution is 9.10. The first-order valence-electron chi connectivity index (χ1n) is 4.97. The molecule has 1 atom stereocenters. The molecule has 0 bridgehead atoms. The van der Waals surface area contributed by atoms with Crippen LogP contribution in [0.3, 0.4) is 0 Å². The largest absolute Gasteiger partial charge is 0.388 e. The molecule has 16 heavy (non-hydrogen) atoms. The van der Waals surface area contributed by atoms with E-state index in [4.69, 9.17) is 5.73 Å². The molecule has 0 saturated heterocycles. The van der Waals surface area contributed by atoms with E-state index in [0.29, 0.717) is 6.42 Å². The van der Waals surface area contributed by atoms with Crippen LogP contribution in [-0.2, 0) is 6.42 Å². The quantitative estimate of drug-likeness (QED) is 0.914. The van der Waals surface area contributed by atoms with Gasteiger partial charge in [-0.05, 0) is 25.1 Å². The number of fused-ring (bicyclic) bond motifs is 1. The van der Waals surface area contributed by atoms with Crippen LogP contribution in [0.2, 0.25) is 0 Å². The third kappa shape index (κ3) is 2.60. The molecule has 0 fully saturated rings. The highest BCUT2D eigenvalue weighted by atomic mass is 79.9. The first kappa shape index (κ1) is 12.0. The number of benzene rings is 1. The Labute approximate surface area is 106 Å². The van der Waals surface area contributed by atoms with E-state index in [1.807, 2.05) is 18.2 Å². The molecular formula is C11H13BrN2OS. The first-order valence-corrected chi connectivity index (χ1v) is 6.58. The molecular weight excluding hydrogens is 288 g/mol. The monoisotopic (exact) mass is 300 g/mol. The minimum atomic E-state index is -0.870. The second-order valence-corrected chi connectivity index (χ2v) is 6.13. The Morgan fingerprint density at radius 2 is 2.31 bits per heavy atom. The number of nitrogens with zero attached hydrogens (tertiary/aromatic N) is 1. The average Bonchev–Trinajstić information content (AvgIpc) is 2.58. The van der Waals surface area contributed by atoms with Gasteiger partial charge in [-0.1, -0.05) is 15.9 Å². The molecule has 86 valence electrons. The molecule has 0 saturated carbocycles. The molecule has 0 aliphatic rings. The fourth-order valence-corrected chi connectivity index (χ4v) is 2.90. The summed E-state index contributed by atoms with van der Waals surface area (Å²) in [6, 6.07) is 6.00. The van der Waals surface area contributed by atoms with Crippen molar-refractivity contribution in [2.24, 2.45) is 5.73 Å². The zero-order valence-electron chi connectivity index (χ0n) is 8.90. The van der Waals surface area contributed by atoms with Crippen molar-refractivity contribution < 1.29 is 5.11 Å². The average molecular weight is 301 g/mol. The van der Waals surface area contributed by atoms with E-state index >= 15 is 0 Å². The highest BCUT2D eigenvalue weighted by Crippen LogP contribution is 2.27. The van der Waals surface area contributed by atoms with Gasteiger partial charge in [0.05, 0.1) is 20.8 Å². The Morgan fingerprint density at radius 3 is 3.00 bits per heavy atom. The van der Waals surface area contributed by atoms with Crippen LogP contribution in [-0.4, -0.2) is 22.2 Å². The molecule has 0 aliphatic carbocycles. The van der Waals surface area contributed by atoms with Gasteiger partial charge in [0.25, 0.3) is 0 Å². The van der Waals surface area contributed by atoms with Gasteiger partial charge in [-0.15, -0.1) is 11.3 Å². The third-order valence-corrected chi connectivity index (χ3v) is 3.90. The van der Waals surface area contributed by atoms with E-state index in [2.05, 4.69) is 20.9 Å². The molecule has 0 spiro atoms. The first-order chi connectivity index (χ1) is 7.50. The van der Waals surface area contributed by atoms with Crippen LogP contribution in [0.25, 0.3) is 10.2 Å². The molecule has 1 unspecified atom stereocenters. The molecule has 1 aromatic carbocycles. The number of rotatable bonds is 3. The Bertz CT molecular complexity index is 510. The Kier molecular flexibility index (Phi) is 3.30. The van der Waals surface area contributed by atoms with Gasteiger partial charge in [0, 0.05) is 17.4 Å². The smallest absolute Gasteiger partial charge is 0.0967 e. The van der Waals surface area contributed by atoms with Gasteiger partial charge in [-0.25, -0.2) is 4.98 Å². The zero-order valence-corrected chi connectivity index (χ0v) is 11.3. The number of hydrogen-bond donors (Lipinski definition) is 2. The van der Waals surface area contributed by atoms with Crippen LogP contribution in [0.4, 0.5) is 0 Å². The van der Waals surface area contributed by atoms with Crippen molar-refractivity contribution in [2.45, 2.75) is 18.9 Å². The lowest BCUT2D eigenvalue weighted by Gasteiger charge is -2.18. The van der Waals surface area contributed by atoms with Crippen molar-refractivity contribution in [3.8, 4) is 0 Å². The van der Waals surface area contributed by atoms with Crippen LogP contribution >= 0.6 is 27.3 Å². The van der Waals surface area contributed by atoms with Crippen molar-refractivity contribution in [1.82, 2.24) is 4.98 Å². The molecule has 3 N–H and O–H groups in total. The van der Waals surface area contributed by atoms with E-state index in [1.165, 1.54) is 0 Å². The lowest BCUT2D eigenvalue weighted by Crippen LogP contribution is -2.36. The SMILES string of the molecule is CC(O)(CN)Cc1nc2cc(Br)ccc2s1. The van der Waals surface area contributed by atoms with Crippen molar-refractivity contribution in [3.63, 3.8) is 0 Å². The maximum absolute atomic E-state index is 9.89. The minimum absolute atomic E-state index is 0.243. The van der Waals surface area contributed by atoms with Crippen molar-refractivity contribution in [1.29, 1.82) is 0 Å². The van der Waals surface area contributed by atoms with Crippen LogP contribution < -0.4 is 5.73 Å². The predicted molar refractivity (Wildman–Crippen MR) is 70.7 cm³/mol. The molecule has 5 heteroatoms. The number of thiazole rings is 1. The summed E-state index contributed by atoms with van der Waals surface area (Å²) < 4.78 is 2.15. The van der Waals surface area contributed by atoms with E-state index < -0.39 is 5.60 Å². The number of aliphatic hydroxyl groups is 1.